The highest BCUT2D eigenvalue weighted by Gasteiger charge is 2.63. The molecule has 0 aromatic carbocycles. The van der Waals surface area contributed by atoms with Gasteiger partial charge >= 0.3 is 11.9 Å². The van der Waals surface area contributed by atoms with Crippen molar-refractivity contribution in [1.82, 2.24) is 0 Å². The van der Waals surface area contributed by atoms with Crippen LogP contribution in [-0.2, 0) is 19.1 Å². The predicted octanol–water partition coefficient (Wildman–Crippen LogP) is 1.83. The van der Waals surface area contributed by atoms with Gasteiger partial charge in [0.05, 0.1) is 12.2 Å². The first-order valence-corrected chi connectivity index (χ1v) is 15.3. The zero-order valence-electron chi connectivity index (χ0n) is 23.9. The number of hydrogen-bond acceptors (Lipinski definition) is 9. The maximum absolute atomic E-state index is 12.7. The molecule has 1 saturated heterocycles. The molecule has 0 spiro atoms. The van der Waals surface area contributed by atoms with E-state index in [1.807, 2.05) is 0 Å². The molecule has 10 nitrogen and oxygen atoms in total. The van der Waals surface area contributed by atoms with Gasteiger partial charge < -0.3 is 40.1 Å². The van der Waals surface area contributed by atoms with Gasteiger partial charge in [-0.1, -0.05) is 20.8 Å². The Morgan fingerprint density at radius 2 is 1.57 bits per heavy atom. The molecule has 0 aromatic heterocycles. The molecule has 5 rings (SSSR count). The monoisotopic (exact) mass is 568 g/mol. The Bertz CT molecular complexity index is 959. The van der Waals surface area contributed by atoms with Gasteiger partial charge in [0.1, 0.15) is 18.3 Å². The molecule has 1 aliphatic heterocycles. The van der Waals surface area contributed by atoms with Crippen LogP contribution in [0.25, 0.3) is 0 Å². The maximum Gasteiger partial charge on any atom is 0.335 e. The molecule has 4 saturated carbocycles. The summed E-state index contributed by atoms with van der Waals surface area (Å²) < 4.78 is 10.3. The van der Waals surface area contributed by atoms with Gasteiger partial charge in [0.2, 0.25) is 6.29 Å². The minimum Gasteiger partial charge on any atom is -0.479 e. The Morgan fingerprint density at radius 3 is 2.27 bits per heavy atom. The molecule has 228 valence electrons. The lowest BCUT2D eigenvalue weighted by molar-refractivity contribution is -0.286. The summed E-state index contributed by atoms with van der Waals surface area (Å²) >= 11 is 0. The van der Waals surface area contributed by atoms with E-state index in [0.29, 0.717) is 30.1 Å². The average molecular weight is 569 g/mol. The molecule has 5 aliphatic rings. The van der Waals surface area contributed by atoms with E-state index >= 15 is 0 Å². The molecule has 0 aromatic rings. The average Bonchev–Trinajstić information content (AvgIpc) is 3.25. The third-order valence-corrected chi connectivity index (χ3v) is 12.3. The number of carboxylic acid groups (broad SMARTS) is 1. The summed E-state index contributed by atoms with van der Waals surface area (Å²) in [6.07, 6.45) is -1.15. The third-order valence-electron chi connectivity index (χ3n) is 12.3. The summed E-state index contributed by atoms with van der Waals surface area (Å²) in [6, 6.07) is 0. The summed E-state index contributed by atoms with van der Waals surface area (Å²) in [5.74, 6) is -0.0366. The molecule has 5 fully saturated rings. The van der Waals surface area contributed by atoms with Gasteiger partial charge in [-0.15, -0.1) is 0 Å². The van der Waals surface area contributed by atoms with Crippen molar-refractivity contribution in [2.45, 2.75) is 128 Å². The van der Waals surface area contributed by atoms with Crippen LogP contribution in [0.2, 0.25) is 0 Å². The highest BCUT2D eigenvalue weighted by molar-refractivity contribution is 5.73. The Hall–Kier alpha value is -1.30. The second kappa shape index (κ2) is 11.1. The lowest BCUT2D eigenvalue weighted by Gasteiger charge is -2.62. The van der Waals surface area contributed by atoms with Crippen LogP contribution in [0.4, 0.5) is 0 Å². The minimum atomic E-state index is -1.84. The number of esters is 1. The molecule has 4 aliphatic carbocycles. The molecule has 0 amide bonds. The van der Waals surface area contributed by atoms with Crippen molar-refractivity contribution in [3.05, 3.63) is 0 Å². The predicted molar refractivity (Wildman–Crippen MR) is 141 cm³/mol. The van der Waals surface area contributed by atoms with E-state index in [2.05, 4.69) is 20.8 Å². The van der Waals surface area contributed by atoms with Crippen LogP contribution in [-0.4, -0.2) is 85.5 Å². The standard InChI is InChI=1S/C30H48O10/c1-14(4-7-21(33)39-28-25(36)23(34)24(35)26(40-28)27(37)38)17-5-6-18-22-19(9-11-30(17,18)3)29(2)10-8-16(31)12-15(29)13-20(22)32/h14-20,22-26,28,31-32,34-36H,4-13H2,1-3H3,(H,37,38)/t14-,15+,16-,17-,18+,19+,20+,22+,23-,24-,25+,26+,28+,29+,30-/m1/s1. The fourth-order valence-electron chi connectivity index (χ4n) is 10.1. The number of aliphatic hydroxyl groups is 5. The molecule has 0 bridgehead atoms. The van der Waals surface area contributed by atoms with Crippen molar-refractivity contribution in [3.8, 4) is 0 Å². The maximum atomic E-state index is 12.7. The van der Waals surface area contributed by atoms with Gasteiger partial charge in [-0.25, -0.2) is 4.79 Å². The Morgan fingerprint density at radius 1 is 0.900 bits per heavy atom. The second-order valence-corrected chi connectivity index (χ2v) is 14.2. The van der Waals surface area contributed by atoms with E-state index in [4.69, 9.17) is 9.47 Å². The highest BCUT2D eigenvalue weighted by Crippen LogP contribution is 2.68. The van der Waals surface area contributed by atoms with Crippen LogP contribution in [0.1, 0.15) is 85.0 Å². The molecule has 0 unspecified atom stereocenters. The van der Waals surface area contributed by atoms with Gasteiger partial charge in [-0.3, -0.25) is 4.79 Å². The lowest BCUT2D eigenvalue weighted by atomic mass is 9.43. The molecular weight excluding hydrogens is 520 g/mol. The number of carbonyl (C=O) groups excluding carboxylic acids is 1. The van der Waals surface area contributed by atoms with Crippen molar-refractivity contribution in [1.29, 1.82) is 0 Å². The number of aliphatic carboxylic acids is 1. The summed E-state index contributed by atoms with van der Waals surface area (Å²) in [4.78, 5) is 24.0. The number of hydrogen-bond donors (Lipinski definition) is 6. The third kappa shape index (κ3) is 5.00. The zero-order chi connectivity index (χ0) is 29.1. The first-order valence-electron chi connectivity index (χ1n) is 15.3. The van der Waals surface area contributed by atoms with Crippen LogP contribution in [0.3, 0.4) is 0 Å². The zero-order valence-corrected chi connectivity index (χ0v) is 23.9. The van der Waals surface area contributed by atoms with Gasteiger partial charge in [0.15, 0.2) is 6.10 Å². The van der Waals surface area contributed by atoms with Gasteiger partial charge in [0, 0.05) is 6.42 Å². The molecule has 15 atom stereocenters. The van der Waals surface area contributed by atoms with Crippen molar-refractivity contribution >= 4 is 11.9 Å². The molecule has 40 heavy (non-hydrogen) atoms. The minimum absolute atomic E-state index is 0.0537. The first-order chi connectivity index (χ1) is 18.8. The second-order valence-electron chi connectivity index (χ2n) is 14.2. The number of carbonyl (C=O) groups is 2. The summed E-state index contributed by atoms with van der Waals surface area (Å²) in [6.45, 7) is 6.93. The van der Waals surface area contributed by atoms with Crippen LogP contribution >= 0.6 is 0 Å². The number of ether oxygens (including phenoxy) is 2. The van der Waals surface area contributed by atoms with Gasteiger partial charge in [-0.2, -0.15) is 0 Å². The van der Waals surface area contributed by atoms with Gasteiger partial charge in [-0.05, 0) is 104 Å². The molecule has 1 heterocycles. The largest absolute Gasteiger partial charge is 0.479 e. The van der Waals surface area contributed by atoms with E-state index in [1.165, 1.54) is 0 Å². The molecular formula is C30H48O10. The van der Waals surface area contributed by atoms with Gasteiger partial charge in [0.25, 0.3) is 0 Å². The van der Waals surface area contributed by atoms with Crippen LogP contribution in [0, 0.1) is 46.3 Å². The summed E-state index contributed by atoms with van der Waals surface area (Å²) in [5, 5.41) is 60.9. The van der Waals surface area contributed by atoms with Crippen molar-refractivity contribution in [2.75, 3.05) is 0 Å². The van der Waals surface area contributed by atoms with Crippen LogP contribution in [0.5, 0.6) is 0 Å². The SMILES string of the molecule is C[C@H](CCC(=O)O[C@H]1O[C@H](C(=O)O)[C@H](O)[C@@H](O)[C@@H]1O)[C@H]1CC[C@H]2[C@@H]3[C@@H](O)C[C@@H]4C[C@H](O)CC[C@]4(C)[C@H]3CC[C@]12C. The Balaban J connectivity index is 1.20. The van der Waals surface area contributed by atoms with E-state index in [0.717, 1.165) is 51.4 Å². The Labute approximate surface area is 236 Å². The fraction of sp³-hybridized carbons (Fsp3) is 0.933. The molecule has 10 heteroatoms. The first kappa shape index (κ1) is 30.2. The topological polar surface area (TPSA) is 174 Å². The number of carboxylic acids is 1. The van der Waals surface area contributed by atoms with Crippen molar-refractivity contribution < 1.29 is 49.7 Å². The molecule has 6 N–H and O–H groups in total. The number of rotatable bonds is 6. The summed E-state index contributed by atoms with van der Waals surface area (Å²) in [7, 11) is 0. The van der Waals surface area contributed by atoms with Crippen molar-refractivity contribution in [2.24, 2.45) is 46.3 Å². The quantitative estimate of drug-likeness (QED) is 0.259. The Kier molecular flexibility index (Phi) is 8.36. The fourth-order valence-corrected chi connectivity index (χ4v) is 10.1. The van der Waals surface area contributed by atoms with E-state index in [-0.39, 0.29) is 41.3 Å². The summed E-state index contributed by atoms with van der Waals surface area (Å²) in [5.41, 5.74) is 0.243. The van der Waals surface area contributed by atoms with E-state index in [9.17, 15) is 40.2 Å². The molecule has 0 radical (unpaired) electrons. The van der Waals surface area contributed by atoms with Crippen LogP contribution < -0.4 is 0 Å². The van der Waals surface area contributed by atoms with E-state index < -0.39 is 42.6 Å². The highest BCUT2D eigenvalue weighted by atomic mass is 16.7. The smallest absolute Gasteiger partial charge is 0.335 e. The lowest BCUT2D eigenvalue weighted by Crippen LogP contribution is -2.60. The number of fused-ring (bicyclic) bond motifs is 5. The van der Waals surface area contributed by atoms with E-state index in [1.54, 1.807) is 0 Å². The number of aliphatic hydroxyl groups excluding tert-OH is 5. The van der Waals surface area contributed by atoms with Crippen molar-refractivity contribution in [3.63, 3.8) is 0 Å². The normalized spacial score (nSPS) is 51.2. The van der Waals surface area contributed by atoms with Crippen LogP contribution in [0.15, 0.2) is 0 Å².